The van der Waals surface area contributed by atoms with Gasteiger partial charge in [0.15, 0.2) is 5.82 Å². The molecule has 7 heteroatoms. The van der Waals surface area contributed by atoms with Crippen molar-refractivity contribution in [3.8, 4) is 0 Å². The van der Waals surface area contributed by atoms with Gasteiger partial charge in [0.1, 0.15) is 5.82 Å². The first-order chi connectivity index (χ1) is 12.2. The third kappa shape index (κ3) is 4.36. The summed E-state index contributed by atoms with van der Waals surface area (Å²) in [4.78, 5) is 18.7. The van der Waals surface area contributed by atoms with Crippen molar-refractivity contribution in [2.24, 2.45) is 0 Å². The third-order valence-electron chi connectivity index (χ3n) is 4.29. The number of rotatable bonds is 6. The number of hydrogen-bond donors (Lipinski definition) is 2. The van der Waals surface area contributed by atoms with E-state index in [9.17, 15) is 4.79 Å². The molecule has 1 aromatic carbocycles. The van der Waals surface area contributed by atoms with Crippen LogP contribution in [0.1, 0.15) is 43.0 Å². The van der Waals surface area contributed by atoms with Gasteiger partial charge in [-0.25, -0.2) is 9.78 Å². The molecular weight excluding hydrogens is 318 g/mol. The van der Waals surface area contributed by atoms with Crippen LogP contribution in [0.2, 0.25) is 0 Å². The zero-order chi connectivity index (χ0) is 17.6. The summed E-state index contributed by atoms with van der Waals surface area (Å²) in [6.07, 6.45) is 1.57. The van der Waals surface area contributed by atoms with Crippen LogP contribution in [-0.2, 0) is 11.3 Å². The number of likely N-dealkylation sites (tertiary alicyclic amines) is 1. The van der Waals surface area contributed by atoms with Crippen LogP contribution in [-0.4, -0.2) is 45.3 Å². The van der Waals surface area contributed by atoms with E-state index >= 15 is 0 Å². The smallest absolute Gasteiger partial charge is 0.318 e. The van der Waals surface area contributed by atoms with Crippen molar-refractivity contribution in [3.63, 3.8) is 0 Å². The highest BCUT2D eigenvalue weighted by molar-refractivity contribution is 5.75. The zero-order valence-corrected chi connectivity index (χ0v) is 14.7. The van der Waals surface area contributed by atoms with Crippen molar-refractivity contribution >= 4 is 6.03 Å². The van der Waals surface area contributed by atoms with E-state index in [0.717, 1.165) is 17.8 Å². The molecule has 2 amide bonds. The van der Waals surface area contributed by atoms with Crippen molar-refractivity contribution in [1.82, 2.24) is 25.4 Å². The van der Waals surface area contributed by atoms with E-state index in [0.29, 0.717) is 31.9 Å². The number of benzene rings is 1. The number of H-pyrrole nitrogens is 1. The standard InChI is InChI=1S/C18H25N5O2/c1-3-9-19-18(24)23-11-15(25-12-14-7-5-4-6-8-14)10-16(23)17-20-13(2)21-22-17/h4-8,15-16H,3,9-12H2,1-2H3,(H,19,24)(H,20,21,22)/t15-,16-/m0/s1. The minimum absolute atomic E-state index is 0.0311. The molecule has 3 rings (SSSR count). The number of nitrogens with one attached hydrogen (secondary N) is 2. The monoisotopic (exact) mass is 343 g/mol. The summed E-state index contributed by atoms with van der Waals surface area (Å²) in [7, 11) is 0. The summed E-state index contributed by atoms with van der Waals surface area (Å²) in [5, 5.41) is 10.1. The van der Waals surface area contributed by atoms with Gasteiger partial charge in [-0.1, -0.05) is 37.3 Å². The molecule has 25 heavy (non-hydrogen) atoms. The molecule has 0 radical (unpaired) electrons. The molecule has 1 aliphatic rings. The van der Waals surface area contributed by atoms with Gasteiger partial charge < -0.3 is 15.0 Å². The number of ether oxygens (including phenoxy) is 1. The fourth-order valence-corrected chi connectivity index (χ4v) is 3.02. The molecular formula is C18H25N5O2. The normalized spacial score (nSPS) is 20.0. The molecule has 134 valence electrons. The van der Waals surface area contributed by atoms with Crippen LogP contribution >= 0.6 is 0 Å². The Balaban J connectivity index is 1.67. The Bertz CT molecular complexity index is 688. The van der Waals surface area contributed by atoms with Crippen LogP contribution < -0.4 is 5.32 Å². The highest BCUT2D eigenvalue weighted by atomic mass is 16.5. The van der Waals surface area contributed by atoms with E-state index in [-0.39, 0.29) is 18.2 Å². The van der Waals surface area contributed by atoms with Crippen LogP contribution in [0.5, 0.6) is 0 Å². The molecule has 7 nitrogen and oxygen atoms in total. The Morgan fingerprint density at radius 1 is 1.40 bits per heavy atom. The van der Waals surface area contributed by atoms with Crippen LogP contribution in [0.15, 0.2) is 30.3 Å². The molecule has 0 aliphatic carbocycles. The van der Waals surface area contributed by atoms with E-state index in [4.69, 9.17) is 4.74 Å². The lowest BCUT2D eigenvalue weighted by Gasteiger charge is -2.22. The minimum atomic E-state index is -0.164. The van der Waals surface area contributed by atoms with Crippen LogP contribution in [0.3, 0.4) is 0 Å². The van der Waals surface area contributed by atoms with Gasteiger partial charge >= 0.3 is 6.03 Å². The number of aromatic amines is 1. The number of aryl methyl sites for hydroxylation is 1. The Kier molecular flexibility index (Phi) is 5.65. The number of urea groups is 1. The zero-order valence-electron chi connectivity index (χ0n) is 14.7. The molecule has 0 bridgehead atoms. The number of carbonyl (C=O) groups is 1. The number of carbonyl (C=O) groups excluding carboxylic acids is 1. The summed E-state index contributed by atoms with van der Waals surface area (Å²) in [6.45, 7) is 5.63. The summed E-state index contributed by atoms with van der Waals surface area (Å²) >= 11 is 0. The number of amides is 2. The van der Waals surface area contributed by atoms with Crippen LogP contribution in [0, 0.1) is 6.92 Å². The Morgan fingerprint density at radius 3 is 2.88 bits per heavy atom. The predicted molar refractivity (Wildman–Crippen MR) is 93.9 cm³/mol. The summed E-state index contributed by atoms with van der Waals surface area (Å²) in [6, 6.07) is 9.81. The topological polar surface area (TPSA) is 83.1 Å². The highest BCUT2D eigenvalue weighted by Crippen LogP contribution is 2.32. The van der Waals surface area contributed by atoms with Gasteiger partial charge in [0, 0.05) is 19.5 Å². The number of aromatic nitrogens is 3. The second-order valence-corrected chi connectivity index (χ2v) is 6.33. The van der Waals surface area contributed by atoms with Crippen LogP contribution in [0.4, 0.5) is 4.79 Å². The molecule has 1 saturated heterocycles. The molecule has 2 aromatic rings. The van der Waals surface area contributed by atoms with Gasteiger partial charge in [0.2, 0.25) is 0 Å². The van der Waals surface area contributed by atoms with Crippen molar-refractivity contribution < 1.29 is 9.53 Å². The van der Waals surface area contributed by atoms with Gasteiger partial charge in [-0.2, -0.15) is 5.10 Å². The van der Waals surface area contributed by atoms with E-state index < -0.39 is 0 Å². The second-order valence-electron chi connectivity index (χ2n) is 6.33. The third-order valence-corrected chi connectivity index (χ3v) is 4.29. The number of hydrogen-bond acceptors (Lipinski definition) is 4. The predicted octanol–water partition coefficient (Wildman–Crippen LogP) is 2.56. The molecule has 2 heterocycles. The fourth-order valence-electron chi connectivity index (χ4n) is 3.02. The Morgan fingerprint density at radius 2 is 2.20 bits per heavy atom. The highest BCUT2D eigenvalue weighted by Gasteiger charge is 2.38. The lowest BCUT2D eigenvalue weighted by molar-refractivity contribution is 0.0484. The number of nitrogens with zero attached hydrogens (tertiary/aromatic N) is 3. The van der Waals surface area contributed by atoms with Crippen LogP contribution in [0.25, 0.3) is 0 Å². The molecule has 1 aliphatic heterocycles. The first kappa shape index (κ1) is 17.4. The summed E-state index contributed by atoms with van der Waals surface area (Å²) < 4.78 is 6.04. The molecule has 0 unspecified atom stereocenters. The minimum Gasteiger partial charge on any atom is -0.372 e. The maximum Gasteiger partial charge on any atom is 0.318 e. The summed E-state index contributed by atoms with van der Waals surface area (Å²) in [5.74, 6) is 1.40. The maximum absolute atomic E-state index is 12.5. The van der Waals surface area contributed by atoms with Gasteiger partial charge in [-0.3, -0.25) is 5.10 Å². The maximum atomic E-state index is 12.5. The Hall–Kier alpha value is -2.41. The van der Waals surface area contributed by atoms with E-state index in [2.05, 4.69) is 20.5 Å². The van der Waals surface area contributed by atoms with Gasteiger partial charge in [-0.15, -0.1) is 0 Å². The van der Waals surface area contributed by atoms with Crippen molar-refractivity contribution in [1.29, 1.82) is 0 Å². The molecule has 2 atom stereocenters. The Labute approximate surface area is 147 Å². The lowest BCUT2D eigenvalue weighted by atomic mass is 10.2. The summed E-state index contributed by atoms with van der Waals surface area (Å²) in [5.41, 5.74) is 1.13. The second kappa shape index (κ2) is 8.11. The van der Waals surface area contributed by atoms with Crippen molar-refractivity contribution in [3.05, 3.63) is 47.5 Å². The molecule has 0 spiro atoms. The first-order valence-corrected chi connectivity index (χ1v) is 8.76. The lowest BCUT2D eigenvalue weighted by Crippen LogP contribution is -2.40. The molecule has 0 saturated carbocycles. The van der Waals surface area contributed by atoms with Gasteiger partial charge in [0.25, 0.3) is 0 Å². The van der Waals surface area contributed by atoms with Crippen molar-refractivity contribution in [2.45, 2.75) is 45.4 Å². The fraction of sp³-hybridized carbons (Fsp3) is 0.500. The largest absolute Gasteiger partial charge is 0.372 e. The average Bonchev–Trinajstić information content (AvgIpc) is 3.25. The van der Waals surface area contributed by atoms with E-state index in [1.54, 1.807) is 4.90 Å². The first-order valence-electron chi connectivity index (χ1n) is 8.76. The quantitative estimate of drug-likeness (QED) is 0.844. The molecule has 2 N–H and O–H groups in total. The van der Waals surface area contributed by atoms with E-state index in [1.807, 2.05) is 44.2 Å². The van der Waals surface area contributed by atoms with E-state index in [1.165, 1.54) is 0 Å². The molecule has 1 fully saturated rings. The van der Waals surface area contributed by atoms with Gasteiger partial charge in [-0.05, 0) is 18.9 Å². The average molecular weight is 343 g/mol. The SMILES string of the molecule is CCCNC(=O)N1C[C@@H](OCc2ccccc2)C[C@H]1c1n[nH]c(C)n1. The van der Waals surface area contributed by atoms with Crippen molar-refractivity contribution in [2.75, 3.05) is 13.1 Å². The van der Waals surface area contributed by atoms with Gasteiger partial charge in [0.05, 0.1) is 18.8 Å². The molecule has 1 aromatic heterocycles.